The molecule has 142 valence electrons. The van der Waals surface area contributed by atoms with Gasteiger partial charge < -0.3 is 19.8 Å². The van der Waals surface area contributed by atoms with E-state index in [9.17, 15) is 9.59 Å². The Labute approximate surface area is 146 Å². The van der Waals surface area contributed by atoms with E-state index in [1.54, 1.807) is 4.90 Å². The van der Waals surface area contributed by atoms with Gasteiger partial charge in [-0.15, -0.1) is 0 Å². The Kier molecular flexibility index (Phi) is 15.9. The van der Waals surface area contributed by atoms with Gasteiger partial charge in [-0.05, 0) is 6.42 Å². The molecule has 0 rings (SSSR count). The molecule has 6 heteroatoms. The van der Waals surface area contributed by atoms with Crippen LogP contribution in [0.3, 0.4) is 0 Å². The van der Waals surface area contributed by atoms with Crippen molar-refractivity contribution in [3.05, 3.63) is 0 Å². The molecule has 2 N–H and O–H groups in total. The third-order valence-corrected chi connectivity index (χ3v) is 3.93. The molecule has 24 heavy (non-hydrogen) atoms. The number of aliphatic hydroxyl groups is 1. The van der Waals surface area contributed by atoms with E-state index in [0.717, 1.165) is 12.8 Å². The molecule has 0 bridgehead atoms. The maximum Gasteiger partial charge on any atom is 0.303 e. The van der Waals surface area contributed by atoms with Crippen molar-refractivity contribution >= 4 is 11.9 Å². The average Bonchev–Trinajstić information content (AvgIpc) is 2.56. The van der Waals surface area contributed by atoms with Crippen LogP contribution in [0, 0.1) is 0 Å². The molecule has 0 aliphatic heterocycles. The number of aliphatic carboxylic acids is 1. The van der Waals surface area contributed by atoms with Crippen LogP contribution < -0.4 is 0 Å². The molecule has 0 fully saturated rings. The molecule has 0 aromatic rings. The smallest absolute Gasteiger partial charge is 0.303 e. The lowest BCUT2D eigenvalue weighted by Gasteiger charge is -2.22. The molecule has 6 nitrogen and oxygen atoms in total. The number of hydrogen-bond acceptors (Lipinski definition) is 4. The van der Waals surface area contributed by atoms with Gasteiger partial charge in [-0.2, -0.15) is 0 Å². The summed E-state index contributed by atoms with van der Waals surface area (Å²) in [6.07, 6.45) is 9.50. The fourth-order valence-electron chi connectivity index (χ4n) is 2.51. The number of nitrogens with zero attached hydrogens (tertiary/aromatic N) is 1. The highest BCUT2D eigenvalue weighted by Crippen LogP contribution is 2.09. The molecule has 0 saturated carbocycles. The Morgan fingerprint density at radius 1 is 0.875 bits per heavy atom. The maximum absolute atomic E-state index is 12.1. The van der Waals surface area contributed by atoms with Gasteiger partial charge in [0.2, 0.25) is 5.91 Å². The highest BCUT2D eigenvalue weighted by Gasteiger charge is 2.14. The van der Waals surface area contributed by atoms with Gasteiger partial charge in [0.05, 0.1) is 26.2 Å². The summed E-state index contributed by atoms with van der Waals surface area (Å²) in [5.74, 6) is -1.08. The van der Waals surface area contributed by atoms with Crippen LogP contribution in [-0.2, 0) is 14.3 Å². The lowest BCUT2D eigenvalue weighted by atomic mass is 10.1. The van der Waals surface area contributed by atoms with E-state index in [1.165, 1.54) is 38.5 Å². The minimum absolute atomic E-state index is 0.0341. The van der Waals surface area contributed by atoms with Crippen LogP contribution in [0.15, 0.2) is 0 Å². The number of hydrogen-bond donors (Lipinski definition) is 2. The summed E-state index contributed by atoms with van der Waals surface area (Å²) >= 11 is 0. The van der Waals surface area contributed by atoms with Gasteiger partial charge >= 0.3 is 5.97 Å². The maximum atomic E-state index is 12.1. The zero-order valence-electron chi connectivity index (χ0n) is 15.2. The lowest BCUT2D eigenvalue weighted by molar-refractivity contribution is -0.141. The number of unbranched alkanes of at least 4 members (excludes halogenated alkanes) is 7. The fourth-order valence-corrected chi connectivity index (χ4v) is 2.51. The largest absolute Gasteiger partial charge is 0.481 e. The van der Waals surface area contributed by atoms with E-state index in [1.807, 2.05) is 0 Å². The zero-order chi connectivity index (χ0) is 18.0. The van der Waals surface area contributed by atoms with Crippen molar-refractivity contribution in [2.45, 2.75) is 71.1 Å². The Morgan fingerprint density at radius 2 is 1.50 bits per heavy atom. The van der Waals surface area contributed by atoms with Crippen LogP contribution in [0.1, 0.15) is 71.1 Å². The van der Waals surface area contributed by atoms with Gasteiger partial charge in [-0.25, -0.2) is 0 Å². The monoisotopic (exact) mass is 345 g/mol. The van der Waals surface area contributed by atoms with Crippen molar-refractivity contribution in [2.24, 2.45) is 0 Å². The van der Waals surface area contributed by atoms with E-state index in [2.05, 4.69) is 6.92 Å². The number of aliphatic hydroxyl groups excluding tert-OH is 1. The van der Waals surface area contributed by atoms with Crippen molar-refractivity contribution in [3.63, 3.8) is 0 Å². The molecular weight excluding hydrogens is 310 g/mol. The second kappa shape index (κ2) is 16.7. The normalized spacial score (nSPS) is 10.8. The molecule has 0 aromatic heterocycles. The van der Waals surface area contributed by atoms with Crippen molar-refractivity contribution in [3.8, 4) is 0 Å². The molecule has 0 aromatic carbocycles. The molecule has 0 aliphatic carbocycles. The number of carbonyl (C=O) groups excluding carboxylic acids is 1. The summed E-state index contributed by atoms with van der Waals surface area (Å²) < 4.78 is 5.21. The Hall–Kier alpha value is -1.14. The molecular formula is C18H35NO5. The average molecular weight is 345 g/mol. The molecule has 0 radical (unpaired) electrons. The number of carboxylic acids is 1. The standard InChI is InChI=1S/C18H35NO5/c1-2-3-4-5-6-7-8-9-12-19(13-15-24-16-14-20)17(21)10-11-18(22)23/h20H,2-16H2,1H3,(H,22,23). The van der Waals surface area contributed by atoms with E-state index in [0.29, 0.717) is 19.7 Å². The summed E-state index contributed by atoms with van der Waals surface area (Å²) in [7, 11) is 0. The number of carbonyl (C=O) groups is 2. The Bertz CT molecular complexity index is 323. The van der Waals surface area contributed by atoms with Gasteiger partial charge in [0.15, 0.2) is 0 Å². The van der Waals surface area contributed by atoms with Crippen molar-refractivity contribution < 1.29 is 24.5 Å². The van der Waals surface area contributed by atoms with Crippen LogP contribution in [0.25, 0.3) is 0 Å². The second-order valence-electron chi connectivity index (χ2n) is 6.09. The number of rotatable bonds is 17. The van der Waals surface area contributed by atoms with Crippen molar-refractivity contribution in [1.82, 2.24) is 4.90 Å². The van der Waals surface area contributed by atoms with Crippen molar-refractivity contribution in [1.29, 1.82) is 0 Å². The summed E-state index contributed by atoms with van der Waals surface area (Å²) in [5.41, 5.74) is 0. The van der Waals surface area contributed by atoms with E-state index >= 15 is 0 Å². The van der Waals surface area contributed by atoms with E-state index < -0.39 is 5.97 Å². The predicted molar refractivity (Wildman–Crippen MR) is 94.0 cm³/mol. The molecule has 0 unspecified atom stereocenters. The molecule has 0 spiro atoms. The van der Waals surface area contributed by atoms with Gasteiger partial charge in [-0.1, -0.05) is 51.9 Å². The van der Waals surface area contributed by atoms with Crippen molar-refractivity contribution in [2.75, 3.05) is 32.9 Å². The van der Waals surface area contributed by atoms with Crippen LogP contribution in [0.4, 0.5) is 0 Å². The highest BCUT2D eigenvalue weighted by molar-refractivity contribution is 5.80. The van der Waals surface area contributed by atoms with Gasteiger partial charge in [-0.3, -0.25) is 9.59 Å². The first-order valence-corrected chi connectivity index (χ1v) is 9.30. The summed E-state index contributed by atoms with van der Waals surface area (Å²) in [6, 6.07) is 0. The number of amides is 1. The molecule has 0 heterocycles. The Balaban J connectivity index is 3.95. The predicted octanol–water partition coefficient (Wildman–Crippen LogP) is 2.83. The topological polar surface area (TPSA) is 87.1 Å². The third-order valence-electron chi connectivity index (χ3n) is 3.93. The first-order valence-electron chi connectivity index (χ1n) is 9.30. The minimum atomic E-state index is -0.952. The SMILES string of the molecule is CCCCCCCCCCN(CCOCCO)C(=O)CCC(=O)O. The number of ether oxygens (including phenoxy) is 1. The van der Waals surface area contributed by atoms with Crippen LogP contribution in [0.2, 0.25) is 0 Å². The van der Waals surface area contributed by atoms with Gasteiger partial charge in [0.25, 0.3) is 0 Å². The quantitative estimate of drug-likeness (QED) is 0.396. The molecule has 0 atom stereocenters. The summed E-state index contributed by atoms with van der Waals surface area (Å²) in [5, 5.41) is 17.4. The third kappa shape index (κ3) is 14.5. The van der Waals surface area contributed by atoms with Gasteiger partial charge in [0, 0.05) is 19.5 Å². The number of carboxylic acid groups (broad SMARTS) is 1. The molecule has 0 aliphatic rings. The van der Waals surface area contributed by atoms with Gasteiger partial charge in [0.1, 0.15) is 0 Å². The van der Waals surface area contributed by atoms with E-state index in [4.69, 9.17) is 14.9 Å². The van der Waals surface area contributed by atoms with Crippen LogP contribution >= 0.6 is 0 Å². The first kappa shape index (κ1) is 22.9. The highest BCUT2D eigenvalue weighted by atomic mass is 16.5. The molecule has 1 amide bonds. The Morgan fingerprint density at radius 3 is 2.08 bits per heavy atom. The summed E-state index contributed by atoms with van der Waals surface area (Å²) in [4.78, 5) is 24.4. The van der Waals surface area contributed by atoms with E-state index in [-0.39, 0.29) is 32.0 Å². The van der Waals surface area contributed by atoms with Crippen LogP contribution in [-0.4, -0.2) is 59.9 Å². The van der Waals surface area contributed by atoms with Crippen LogP contribution in [0.5, 0.6) is 0 Å². The second-order valence-corrected chi connectivity index (χ2v) is 6.09. The molecule has 0 saturated heterocycles. The zero-order valence-corrected chi connectivity index (χ0v) is 15.2. The lowest BCUT2D eigenvalue weighted by Crippen LogP contribution is -2.35. The fraction of sp³-hybridized carbons (Fsp3) is 0.889. The minimum Gasteiger partial charge on any atom is -0.481 e. The summed E-state index contributed by atoms with van der Waals surface area (Å²) in [6.45, 7) is 3.90. The first-order chi connectivity index (χ1) is 11.6.